The Labute approximate surface area is 192 Å². The van der Waals surface area contributed by atoms with E-state index in [0.717, 1.165) is 29.7 Å². The van der Waals surface area contributed by atoms with E-state index in [1.54, 1.807) is 13.1 Å². The molecule has 2 unspecified atom stereocenters. The molecule has 3 heterocycles. The minimum Gasteiger partial charge on any atom is -0.493 e. The van der Waals surface area contributed by atoms with Gasteiger partial charge in [0.05, 0.1) is 13.2 Å². The fraction of sp³-hybridized carbons (Fsp3) is 0.417. The Bertz CT molecular complexity index is 1110. The summed E-state index contributed by atoms with van der Waals surface area (Å²) in [4.78, 5) is 19.7. The van der Waals surface area contributed by atoms with Crippen LogP contribution in [0.5, 0.6) is 11.5 Å². The van der Waals surface area contributed by atoms with Crippen LogP contribution in [0, 0.1) is 0 Å². The van der Waals surface area contributed by atoms with Gasteiger partial charge in [-0.25, -0.2) is 4.99 Å². The molecule has 1 amide bonds. The molecule has 168 valence electrons. The first-order chi connectivity index (χ1) is 15.4. The van der Waals surface area contributed by atoms with Crippen LogP contribution >= 0.6 is 11.6 Å². The lowest BCUT2D eigenvalue weighted by atomic mass is 9.74. The average Bonchev–Trinajstić information content (AvgIpc) is 2.99. The summed E-state index contributed by atoms with van der Waals surface area (Å²) in [5, 5.41) is 0.601. The van der Waals surface area contributed by atoms with Crippen molar-refractivity contribution in [1.82, 2.24) is 4.90 Å². The smallest absolute Gasteiger partial charge is 0.261 e. The van der Waals surface area contributed by atoms with Crippen molar-refractivity contribution in [3.8, 4) is 22.6 Å². The van der Waals surface area contributed by atoms with E-state index in [0.29, 0.717) is 42.6 Å². The fourth-order valence-electron chi connectivity index (χ4n) is 4.99. The van der Waals surface area contributed by atoms with Crippen LogP contribution in [0.15, 0.2) is 41.4 Å². The number of guanidine groups is 1. The van der Waals surface area contributed by atoms with Crippen molar-refractivity contribution in [2.24, 2.45) is 10.7 Å². The van der Waals surface area contributed by atoms with Crippen molar-refractivity contribution in [3.63, 3.8) is 0 Å². The van der Waals surface area contributed by atoms with Crippen molar-refractivity contribution >= 4 is 23.5 Å². The number of hydrogen-bond acceptors (Lipinski definition) is 6. The summed E-state index contributed by atoms with van der Waals surface area (Å²) in [5.41, 5.74) is 6.78. The number of nitrogens with two attached hydrogens (primary N) is 1. The molecule has 1 fully saturated rings. The quantitative estimate of drug-likeness (QED) is 0.762. The third kappa shape index (κ3) is 3.22. The number of rotatable bonds is 3. The van der Waals surface area contributed by atoms with Crippen molar-refractivity contribution in [2.45, 2.75) is 37.3 Å². The van der Waals surface area contributed by atoms with Crippen LogP contribution in [0.25, 0.3) is 11.1 Å². The van der Waals surface area contributed by atoms with Crippen molar-refractivity contribution in [3.05, 3.63) is 47.0 Å². The molecular formula is C24H26ClN3O4. The van der Waals surface area contributed by atoms with Gasteiger partial charge in [-0.05, 0) is 55.7 Å². The summed E-state index contributed by atoms with van der Waals surface area (Å²) < 4.78 is 18.1. The maximum atomic E-state index is 13.5. The maximum absolute atomic E-state index is 13.5. The number of nitrogens with zero attached hydrogens (tertiary/aromatic N) is 2. The van der Waals surface area contributed by atoms with E-state index in [1.165, 1.54) is 4.90 Å². The second kappa shape index (κ2) is 7.67. The molecule has 2 spiro atoms. The molecule has 5 rings (SSSR count). The van der Waals surface area contributed by atoms with Crippen LogP contribution < -0.4 is 15.2 Å². The van der Waals surface area contributed by atoms with Crippen LogP contribution in [0.2, 0.25) is 5.02 Å². The molecule has 0 radical (unpaired) electrons. The summed E-state index contributed by atoms with van der Waals surface area (Å²) in [6.45, 7) is 3.58. The highest BCUT2D eigenvalue weighted by molar-refractivity contribution is 6.31. The van der Waals surface area contributed by atoms with Gasteiger partial charge >= 0.3 is 0 Å². The van der Waals surface area contributed by atoms with Gasteiger partial charge in [-0.2, -0.15) is 0 Å². The van der Waals surface area contributed by atoms with Crippen molar-refractivity contribution in [2.75, 3.05) is 26.9 Å². The normalized spacial score (nSPS) is 26.8. The van der Waals surface area contributed by atoms with E-state index in [1.807, 2.05) is 37.3 Å². The molecule has 1 saturated heterocycles. The predicted octanol–water partition coefficient (Wildman–Crippen LogP) is 3.72. The first-order valence-corrected chi connectivity index (χ1v) is 11.2. The first kappa shape index (κ1) is 21.1. The van der Waals surface area contributed by atoms with E-state index in [4.69, 9.17) is 36.5 Å². The molecule has 8 heteroatoms. The van der Waals surface area contributed by atoms with Gasteiger partial charge in [0, 0.05) is 36.2 Å². The summed E-state index contributed by atoms with van der Waals surface area (Å²) in [5.74, 6) is 1.40. The highest BCUT2D eigenvalue weighted by atomic mass is 35.5. The molecule has 0 aromatic heterocycles. The number of aliphatic imine (C=N–C) groups is 1. The number of fused-ring (bicyclic) bond motifs is 2. The Hall–Kier alpha value is -2.77. The van der Waals surface area contributed by atoms with E-state index >= 15 is 0 Å². The second-order valence-electron chi connectivity index (χ2n) is 8.60. The fourth-order valence-corrected chi connectivity index (χ4v) is 5.16. The van der Waals surface area contributed by atoms with Gasteiger partial charge in [-0.3, -0.25) is 9.69 Å². The van der Waals surface area contributed by atoms with Crippen LogP contribution in [-0.2, 0) is 15.1 Å². The molecule has 2 N–H and O–H groups in total. The third-order valence-corrected chi connectivity index (χ3v) is 6.71. The Morgan fingerprint density at radius 2 is 2.12 bits per heavy atom. The number of hydrogen-bond donors (Lipinski definition) is 1. The summed E-state index contributed by atoms with van der Waals surface area (Å²) in [6, 6.07) is 11.3. The SMILES string of the molecule is CCOc1ccc(Cl)cc1-c1ccc2c(c1)C1(CC3(CCCOC3)O2)N=C(N)N(C)C1=O. The van der Waals surface area contributed by atoms with Gasteiger partial charge in [-0.1, -0.05) is 17.7 Å². The van der Waals surface area contributed by atoms with Crippen LogP contribution in [0.3, 0.4) is 0 Å². The van der Waals surface area contributed by atoms with Gasteiger partial charge in [0.2, 0.25) is 0 Å². The number of carbonyl (C=O) groups is 1. The Morgan fingerprint density at radius 3 is 2.81 bits per heavy atom. The number of benzene rings is 2. The van der Waals surface area contributed by atoms with Crippen LogP contribution in [0.1, 0.15) is 31.7 Å². The molecule has 0 saturated carbocycles. The molecule has 0 aliphatic carbocycles. The Kier molecular flexibility index (Phi) is 5.06. The van der Waals surface area contributed by atoms with E-state index in [-0.39, 0.29) is 11.9 Å². The zero-order valence-electron chi connectivity index (χ0n) is 18.2. The second-order valence-corrected chi connectivity index (χ2v) is 9.03. The largest absolute Gasteiger partial charge is 0.493 e. The molecular weight excluding hydrogens is 430 g/mol. The minimum atomic E-state index is -1.15. The summed E-state index contributed by atoms with van der Waals surface area (Å²) in [6.07, 6.45) is 2.05. The van der Waals surface area contributed by atoms with Crippen LogP contribution in [-0.4, -0.2) is 49.2 Å². The Balaban J connectivity index is 1.68. The zero-order valence-corrected chi connectivity index (χ0v) is 18.9. The topological polar surface area (TPSA) is 86.4 Å². The molecule has 2 aromatic carbocycles. The first-order valence-electron chi connectivity index (χ1n) is 10.8. The van der Waals surface area contributed by atoms with E-state index < -0.39 is 11.1 Å². The lowest BCUT2D eigenvalue weighted by Gasteiger charge is -2.46. The average molecular weight is 456 g/mol. The summed E-state index contributed by atoms with van der Waals surface area (Å²) >= 11 is 6.30. The van der Waals surface area contributed by atoms with Gasteiger partial charge in [0.1, 0.15) is 17.1 Å². The Morgan fingerprint density at radius 1 is 1.28 bits per heavy atom. The minimum absolute atomic E-state index is 0.155. The highest BCUT2D eigenvalue weighted by Crippen LogP contribution is 2.52. The van der Waals surface area contributed by atoms with Crippen molar-refractivity contribution in [1.29, 1.82) is 0 Å². The molecule has 3 aliphatic heterocycles. The van der Waals surface area contributed by atoms with E-state index in [9.17, 15) is 4.79 Å². The third-order valence-electron chi connectivity index (χ3n) is 6.48. The highest BCUT2D eigenvalue weighted by Gasteiger charge is 2.58. The molecule has 0 bridgehead atoms. The predicted molar refractivity (Wildman–Crippen MR) is 122 cm³/mol. The number of carbonyl (C=O) groups excluding carboxylic acids is 1. The van der Waals surface area contributed by atoms with Gasteiger partial charge in [0.15, 0.2) is 11.5 Å². The maximum Gasteiger partial charge on any atom is 0.261 e. The van der Waals surface area contributed by atoms with E-state index in [2.05, 4.69) is 0 Å². The zero-order chi connectivity index (χ0) is 22.5. The van der Waals surface area contributed by atoms with Crippen LogP contribution in [0.4, 0.5) is 0 Å². The van der Waals surface area contributed by atoms with Gasteiger partial charge in [0.25, 0.3) is 5.91 Å². The number of halogens is 1. The lowest BCUT2D eigenvalue weighted by molar-refractivity contribution is -0.139. The standard InChI is InChI=1S/C24H26ClN3O4/c1-3-31-19-8-6-16(25)12-17(19)15-5-7-20-18(11-15)24(21(29)28(2)22(26)27-24)13-23(32-20)9-4-10-30-14-23/h5-8,11-12H,3-4,9-10,13-14H2,1-2H3,(H2,26,27). The molecule has 32 heavy (non-hydrogen) atoms. The summed E-state index contributed by atoms with van der Waals surface area (Å²) in [7, 11) is 1.66. The monoisotopic (exact) mass is 455 g/mol. The number of ether oxygens (including phenoxy) is 3. The molecule has 2 atom stereocenters. The molecule has 3 aliphatic rings. The number of likely N-dealkylation sites (N-methyl/N-ethyl adjacent to an activating group) is 1. The molecule has 2 aromatic rings. The lowest BCUT2D eigenvalue weighted by Crippen LogP contribution is -2.55. The molecule has 7 nitrogen and oxygen atoms in total. The van der Waals surface area contributed by atoms with Gasteiger partial charge < -0.3 is 19.9 Å². The van der Waals surface area contributed by atoms with Gasteiger partial charge in [-0.15, -0.1) is 0 Å². The number of amides is 1. The van der Waals surface area contributed by atoms with Crippen molar-refractivity contribution < 1.29 is 19.0 Å².